The van der Waals surface area contributed by atoms with Gasteiger partial charge >= 0.3 is 0 Å². The zero-order chi connectivity index (χ0) is 9.19. The predicted molar refractivity (Wildman–Crippen MR) is 49.6 cm³/mol. The number of nitrogens with zero attached hydrogens (tertiary/aromatic N) is 1. The highest BCUT2D eigenvalue weighted by molar-refractivity contribution is 4.98. The number of nitrogens with one attached hydrogen (secondary N) is 1. The van der Waals surface area contributed by atoms with Gasteiger partial charge in [0, 0.05) is 0 Å². The summed E-state index contributed by atoms with van der Waals surface area (Å²) in [6, 6.07) is 2.31. The van der Waals surface area contributed by atoms with Gasteiger partial charge in [-0.25, -0.2) is 0 Å². The van der Waals surface area contributed by atoms with Crippen LogP contribution in [0, 0.1) is 22.7 Å². The molecule has 0 aromatic carbocycles. The van der Waals surface area contributed by atoms with E-state index in [2.05, 4.69) is 32.2 Å². The van der Waals surface area contributed by atoms with Crippen molar-refractivity contribution in [3.05, 3.63) is 0 Å². The summed E-state index contributed by atoms with van der Waals surface area (Å²) in [4.78, 5) is 0. The first-order valence-corrected chi connectivity index (χ1v) is 4.67. The average molecular weight is 166 g/mol. The zero-order valence-electron chi connectivity index (χ0n) is 8.22. The molecular weight excluding hydrogens is 148 g/mol. The number of nitriles is 1. The van der Waals surface area contributed by atoms with Crippen LogP contribution in [0.15, 0.2) is 0 Å². The quantitative estimate of drug-likeness (QED) is 0.695. The van der Waals surface area contributed by atoms with Crippen LogP contribution in [-0.2, 0) is 0 Å². The van der Waals surface area contributed by atoms with E-state index in [4.69, 9.17) is 5.26 Å². The minimum absolute atomic E-state index is 0.00176. The summed E-state index contributed by atoms with van der Waals surface area (Å²) in [5.41, 5.74) is 0.0592. The van der Waals surface area contributed by atoms with E-state index in [0.717, 1.165) is 12.5 Å². The van der Waals surface area contributed by atoms with Crippen LogP contribution in [0.2, 0.25) is 0 Å². The van der Waals surface area contributed by atoms with Crippen LogP contribution in [-0.4, -0.2) is 12.6 Å². The van der Waals surface area contributed by atoms with Gasteiger partial charge in [0.05, 0.1) is 6.07 Å². The maximum atomic E-state index is 8.88. The molecule has 0 aromatic rings. The highest BCUT2D eigenvalue weighted by atomic mass is 14.9. The van der Waals surface area contributed by atoms with Crippen molar-refractivity contribution in [1.29, 1.82) is 5.26 Å². The Morgan fingerprint density at radius 3 is 2.42 bits per heavy atom. The van der Waals surface area contributed by atoms with Crippen LogP contribution in [0.25, 0.3) is 0 Å². The highest BCUT2D eigenvalue weighted by Gasteiger charge is 2.27. The second-order valence-corrected chi connectivity index (χ2v) is 4.78. The molecule has 1 N–H and O–H groups in total. The van der Waals surface area contributed by atoms with E-state index in [1.54, 1.807) is 0 Å². The summed E-state index contributed by atoms with van der Waals surface area (Å²) in [6.45, 7) is 7.32. The van der Waals surface area contributed by atoms with Gasteiger partial charge in [0.1, 0.15) is 6.04 Å². The molecule has 1 fully saturated rings. The third-order valence-electron chi connectivity index (χ3n) is 2.30. The van der Waals surface area contributed by atoms with Gasteiger partial charge in [-0.15, -0.1) is 0 Å². The second kappa shape index (κ2) is 3.45. The molecular formula is C10H18N2. The van der Waals surface area contributed by atoms with Crippen LogP contribution in [0.3, 0.4) is 0 Å². The Kier molecular flexibility index (Phi) is 2.74. The van der Waals surface area contributed by atoms with Crippen molar-refractivity contribution in [3.8, 4) is 6.07 Å². The molecule has 1 atom stereocenters. The SMILES string of the molecule is CC(C)(C)C(C#N)NCC1CC1. The molecule has 68 valence electrons. The Hall–Kier alpha value is -0.550. The molecule has 1 unspecified atom stereocenters. The minimum Gasteiger partial charge on any atom is -0.301 e. The van der Waals surface area contributed by atoms with E-state index in [9.17, 15) is 0 Å². The Morgan fingerprint density at radius 1 is 1.50 bits per heavy atom. The Balaban J connectivity index is 2.30. The smallest absolute Gasteiger partial charge is 0.100 e. The summed E-state index contributed by atoms with van der Waals surface area (Å²) >= 11 is 0. The molecule has 0 amide bonds. The first kappa shape index (κ1) is 9.54. The Bertz CT molecular complexity index is 181. The molecule has 12 heavy (non-hydrogen) atoms. The fourth-order valence-electron chi connectivity index (χ4n) is 1.15. The molecule has 0 radical (unpaired) electrons. The summed E-state index contributed by atoms with van der Waals surface area (Å²) in [5.74, 6) is 0.850. The molecule has 0 bridgehead atoms. The van der Waals surface area contributed by atoms with Gasteiger partial charge < -0.3 is 5.32 Å². The van der Waals surface area contributed by atoms with Crippen molar-refractivity contribution in [3.63, 3.8) is 0 Å². The van der Waals surface area contributed by atoms with Crippen molar-refractivity contribution >= 4 is 0 Å². The topological polar surface area (TPSA) is 35.8 Å². The van der Waals surface area contributed by atoms with Crippen LogP contribution in [0.4, 0.5) is 0 Å². The van der Waals surface area contributed by atoms with Crippen molar-refractivity contribution in [2.24, 2.45) is 11.3 Å². The first-order chi connectivity index (χ1) is 5.54. The molecule has 0 heterocycles. The summed E-state index contributed by atoms with van der Waals surface area (Å²) in [6.07, 6.45) is 2.69. The van der Waals surface area contributed by atoms with Crippen molar-refractivity contribution < 1.29 is 0 Å². The van der Waals surface area contributed by atoms with Gasteiger partial charge in [0.25, 0.3) is 0 Å². The van der Waals surface area contributed by atoms with E-state index >= 15 is 0 Å². The van der Waals surface area contributed by atoms with E-state index in [-0.39, 0.29) is 11.5 Å². The molecule has 0 aliphatic heterocycles. The molecule has 0 spiro atoms. The fraction of sp³-hybridized carbons (Fsp3) is 0.900. The van der Waals surface area contributed by atoms with Gasteiger partial charge in [0.2, 0.25) is 0 Å². The maximum Gasteiger partial charge on any atom is 0.100 e. The number of rotatable bonds is 3. The molecule has 2 nitrogen and oxygen atoms in total. The van der Waals surface area contributed by atoms with Gasteiger partial charge in [-0.3, -0.25) is 0 Å². The average Bonchev–Trinajstić information content (AvgIpc) is 2.69. The summed E-state index contributed by atoms with van der Waals surface area (Å²) in [7, 11) is 0. The van der Waals surface area contributed by atoms with Gasteiger partial charge in [-0.05, 0) is 30.7 Å². The normalized spacial score (nSPS) is 20.2. The fourth-order valence-corrected chi connectivity index (χ4v) is 1.15. The molecule has 1 saturated carbocycles. The monoisotopic (exact) mass is 166 g/mol. The first-order valence-electron chi connectivity index (χ1n) is 4.67. The van der Waals surface area contributed by atoms with Crippen molar-refractivity contribution in [2.75, 3.05) is 6.54 Å². The van der Waals surface area contributed by atoms with Crippen LogP contribution in [0.1, 0.15) is 33.6 Å². The lowest BCUT2D eigenvalue weighted by atomic mass is 9.87. The molecule has 1 aliphatic rings. The number of hydrogen-bond donors (Lipinski definition) is 1. The van der Waals surface area contributed by atoms with Crippen molar-refractivity contribution in [2.45, 2.75) is 39.7 Å². The maximum absolute atomic E-state index is 8.88. The third-order valence-corrected chi connectivity index (χ3v) is 2.30. The number of hydrogen-bond acceptors (Lipinski definition) is 2. The minimum atomic E-state index is -0.00176. The summed E-state index contributed by atoms with van der Waals surface area (Å²) < 4.78 is 0. The van der Waals surface area contributed by atoms with Crippen LogP contribution in [0.5, 0.6) is 0 Å². The lowest BCUT2D eigenvalue weighted by Gasteiger charge is -2.25. The predicted octanol–water partition coefficient (Wildman–Crippen LogP) is 1.92. The van der Waals surface area contributed by atoms with Gasteiger partial charge in [-0.1, -0.05) is 20.8 Å². The molecule has 1 aliphatic carbocycles. The molecule has 0 aromatic heterocycles. The second-order valence-electron chi connectivity index (χ2n) is 4.78. The Morgan fingerprint density at radius 2 is 2.08 bits per heavy atom. The lowest BCUT2D eigenvalue weighted by Crippen LogP contribution is -2.40. The Labute approximate surface area is 75.0 Å². The molecule has 2 heteroatoms. The zero-order valence-corrected chi connectivity index (χ0v) is 8.22. The standard InChI is InChI=1S/C10H18N2/c1-10(2,3)9(6-11)12-7-8-4-5-8/h8-9,12H,4-5,7H2,1-3H3. The van der Waals surface area contributed by atoms with E-state index < -0.39 is 0 Å². The molecule has 1 rings (SSSR count). The van der Waals surface area contributed by atoms with E-state index in [1.165, 1.54) is 12.8 Å². The third kappa shape index (κ3) is 2.83. The largest absolute Gasteiger partial charge is 0.301 e. The van der Waals surface area contributed by atoms with Gasteiger partial charge in [-0.2, -0.15) is 5.26 Å². The van der Waals surface area contributed by atoms with E-state index in [1.807, 2.05) is 0 Å². The lowest BCUT2D eigenvalue weighted by molar-refractivity contribution is 0.317. The van der Waals surface area contributed by atoms with Crippen LogP contribution < -0.4 is 5.32 Å². The van der Waals surface area contributed by atoms with E-state index in [0.29, 0.717) is 0 Å². The van der Waals surface area contributed by atoms with Crippen LogP contribution >= 0.6 is 0 Å². The van der Waals surface area contributed by atoms with Gasteiger partial charge in [0.15, 0.2) is 0 Å². The van der Waals surface area contributed by atoms with Crippen molar-refractivity contribution in [1.82, 2.24) is 5.32 Å². The highest BCUT2D eigenvalue weighted by Crippen LogP contribution is 2.28. The summed E-state index contributed by atoms with van der Waals surface area (Å²) in [5, 5.41) is 12.2. The molecule has 0 saturated heterocycles.